The van der Waals surface area contributed by atoms with Gasteiger partial charge in [0.25, 0.3) is 0 Å². The van der Waals surface area contributed by atoms with Crippen molar-refractivity contribution < 1.29 is 14.3 Å². The highest BCUT2D eigenvalue weighted by Crippen LogP contribution is 2.28. The van der Waals surface area contributed by atoms with Gasteiger partial charge in [-0.1, -0.05) is 50.2 Å². The molecule has 2 aromatic rings. The van der Waals surface area contributed by atoms with Crippen LogP contribution in [-0.4, -0.2) is 19.6 Å². The van der Waals surface area contributed by atoms with Crippen molar-refractivity contribution in [1.29, 1.82) is 0 Å². The molecule has 0 aliphatic rings. The molecule has 4 nitrogen and oxygen atoms in total. The van der Waals surface area contributed by atoms with Crippen molar-refractivity contribution in [2.75, 3.05) is 13.7 Å². The standard InChI is InChI=1S/C22H27NO3/c1-17(2)13-14-26-20-11-9-18(15-21(20)25-3)10-12-22(24)23-16-19-7-5-4-6-8-19/h4-12,15,17H,13-14,16H2,1-3H3,(H,23,24)/b12-10+. The summed E-state index contributed by atoms with van der Waals surface area (Å²) >= 11 is 0. The molecule has 0 unspecified atom stereocenters. The lowest BCUT2D eigenvalue weighted by atomic mass is 10.1. The van der Waals surface area contributed by atoms with E-state index in [-0.39, 0.29) is 5.91 Å². The van der Waals surface area contributed by atoms with Gasteiger partial charge < -0.3 is 14.8 Å². The molecule has 0 aliphatic heterocycles. The quantitative estimate of drug-likeness (QED) is 0.678. The molecule has 0 bridgehead atoms. The van der Waals surface area contributed by atoms with Gasteiger partial charge in [-0.2, -0.15) is 0 Å². The molecule has 0 aliphatic carbocycles. The lowest BCUT2D eigenvalue weighted by Gasteiger charge is -2.12. The van der Waals surface area contributed by atoms with Gasteiger partial charge in [-0.15, -0.1) is 0 Å². The van der Waals surface area contributed by atoms with E-state index in [9.17, 15) is 4.79 Å². The molecule has 0 fully saturated rings. The summed E-state index contributed by atoms with van der Waals surface area (Å²) in [6.07, 6.45) is 4.28. The summed E-state index contributed by atoms with van der Waals surface area (Å²) in [6.45, 7) is 5.50. The van der Waals surface area contributed by atoms with E-state index in [1.165, 1.54) is 6.08 Å². The largest absolute Gasteiger partial charge is 0.493 e. The van der Waals surface area contributed by atoms with Crippen molar-refractivity contribution in [3.05, 3.63) is 65.7 Å². The van der Waals surface area contributed by atoms with Crippen LogP contribution in [0.5, 0.6) is 11.5 Å². The normalized spacial score (nSPS) is 10.9. The molecule has 0 aromatic heterocycles. The molecule has 1 N–H and O–H groups in total. The topological polar surface area (TPSA) is 47.6 Å². The molecule has 1 amide bonds. The minimum Gasteiger partial charge on any atom is -0.493 e. The Bertz CT molecular complexity index is 723. The second kappa shape index (κ2) is 10.3. The van der Waals surface area contributed by atoms with Crippen LogP contribution in [0.15, 0.2) is 54.6 Å². The predicted octanol–water partition coefficient (Wildman–Crippen LogP) is 4.45. The molecule has 2 rings (SSSR count). The van der Waals surface area contributed by atoms with Crippen molar-refractivity contribution in [2.24, 2.45) is 5.92 Å². The Kier molecular flexibility index (Phi) is 7.75. The lowest BCUT2D eigenvalue weighted by molar-refractivity contribution is -0.116. The van der Waals surface area contributed by atoms with E-state index in [1.54, 1.807) is 13.2 Å². The summed E-state index contributed by atoms with van der Waals surface area (Å²) in [7, 11) is 1.62. The predicted molar refractivity (Wildman–Crippen MR) is 105 cm³/mol. The third kappa shape index (κ3) is 6.63. The minimum atomic E-state index is -0.134. The van der Waals surface area contributed by atoms with Gasteiger partial charge in [0.1, 0.15) is 0 Å². The van der Waals surface area contributed by atoms with E-state index in [0.29, 0.717) is 24.8 Å². The maximum atomic E-state index is 12.0. The second-order valence-electron chi connectivity index (χ2n) is 6.48. The van der Waals surface area contributed by atoms with Gasteiger partial charge in [-0.25, -0.2) is 0 Å². The molecule has 0 saturated carbocycles. The van der Waals surface area contributed by atoms with Gasteiger partial charge in [0.2, 0.25) is 5.91 Å². The number of nitrogens with one attached hydrogen (secondary N) is 1. The number of carbonyl (C=O) groups is 1. The number of amides is 1. The van der Waals surface area contributed by atoms with E-state index in [4.69, 9.17) is 9.47 Å². The second-order valence-corrected chi connectivity index (χ2v) is 6.48. The summed E-state index contributed by atoms with van der Waals surface area (Å²) in [5.41, 5.74) is 1.95. The molecule has 0 heterocycles. The Morgan fingerprint density at radius 3 is 2.58 bits per heavy atom. The molecule has 0 atom stereocenters. The zero-order chi connectivity index (χ0) is 18.8. The first-order valence-corrected chi connectivity index (χ1v) is 8.89. The number of methoxy groups -OCH3 is 1. The Morgan fingerprint density at radius 2 is 1.88 bits per heavy atom. The van der Waals surface area contributed by atoms with Crippen LogP contribution in [0.3, 0.4) is 0 Å². The first-order valence-electron chi connectivity index (χ1n) is 8.89. The average molecular weight is 353 g/mol. The Balaban J connectivity index is 1.91. The summed E-state index contributed by atoms with van der Waals surface area (Å²) in [4.78, 5) is 12.0. The van der Waals surface area contributed by atoms with Gasteiger partial charge in [-0.05, 0) is 41.7 Å². The molecule has 0 spiro atoms. The molecule has 2 aromatic carbocycles. The van der Waals surface area contributed by atoms with Gasteiger partial charge >= 0.3 is 0 Å². The summed E-state index contributed by atoms with van der Waals surface area (Å²) in [6, 6.07) is 15.5. The van der Waals surface area contributed by atoms with Gasteiger partial charge in [0.05, 0.1) is 13.7 Å². The van der Waals surface area contributed by atoms with Crippen LogP contribution in [0.1, 0.15) is 31.4 Å². The van der Waals surface area contributed by atoms with E-state index in [1.807, 2.05) is 48.5 Å². The highest BCUT2D eigenvalue weighted by molar-refractivity contribution is 5.91. The first-order chi connectivity index (χ1) is 12.6. The molecular formula is C22H27NO3. The minimum absolute atomic E-state index is 0.134. The lowest BCUT2D eigenvalue weighted by Crippen LogP contribution is -2.20. The highest BCUT2D eigenvalue weighted by Gasteiger charge is 2.06. The molecule has 26 heavy (non-hydrogen) atoms. The van der Waals surface area contributed by atoms with Crippen molar-refractivity contribution in [1.82, 2.24) is 5.32 Å². The van der Waals surface area contributed by atoms with Gasteiger partial charge in [0.15, 0.2) is 11.5 Å². The number of hydrogen-bond acceptors (Lipinski definition) is 3. The summed E-state index contributed by atoms with van der Waals surface area (Å²) in [5, 5.41) is 2.87. The highest BCUT2D eigenvalue weighted by atomic mass is 16.5. The van der Waals surface area contributed by atoms with Crippen molar-refractivity contribution in [3.8, 4) is 11.5 Å². The van der Waals surface area contributed by atoms with Crippen LogP contribution >= 0.6 is 0 Å². The number of rotatable bonds is 9. The zero-order valence-electron chi connectivity index (χ0n) is 15.7. The molecular weight excluding hydrogens is 326 g/mol. The van der Waals surface area contributed by atoms with Crippen LogP contribution in [0, 0.1) is 5.92 Å². The Morgan fingerprint density at radius 1 is 1.12 bits per heavy atom. The Hall–Kier alpha value is -2.75. The fraction of sp³-hybridized carbons (Fsp3) is 0.318. The maximum absolute atomic E-state index is 12.0. The summed E-state index contributed by atoms with van der Waals surface area (Å²) < 4.78 is 11.2. The third-order valence-electron chi connectivity index (χ3n) is 3.88. The van der Waals surface area contributed by atoms with E-state index >= 15 is 0 Å². The SMILES string of the molecule is COc1cc(/C=C/C(=O)NCc2ccccc2)ccc1OCCC(C)C. The average Bonchev–Trinajstić information content (AvgIpc) is 2.65. The zero-order valence-corrected chi connectivity index (χ0v) is 15.7. The van der Waals surface area contributed by atoms with Crippen molar-refractivity contribution in [2.45, 2.75) is 26.8 Å². The van der Waals surface area contributed by atoms with Crippen molar-refractivity contribution in [3.63, 3.8) is 0 Å². The van der Waals surface area contributed by atoms with Crippen LogP contribution < -0.4 is 14.8 Å². The van der Waals surface area contributed by atoms with Crippen molar-refractivity contribution >= 4 is 12.0 Å². The monoisotopic (exact) mass is 353 g/mol. The number of ether oxygens (including phenoxy) is 2. The van der Waals surface area contributed by atoms with Crippen LogP contribution in [0.2, 0.25) is 0 Å². The van der Waals surface area contributed by atoms with Crippen LogP contribution in [0.4, 0.5) is 0 Å². The maximum Gasteiger partial charge on any atom is 0.244 e. The first kappa shape index (κ1) is 19.6. The molecule has 4 heteroatoms. The molecule has 0 radical (unpaired) electrons. The van der Waals surface area contributed by atoms with E-state index in [0.717, 1.165) is 23.3 Å². The van der Waals surface area contributed by atoms with E-state index in [2.05, 4.69) is 19.2 Å². The third-order valence-corrected chi connectivity index (χ3v) is 3.88. The number of benzene rings is 2. The van der Waals surface area contributed by atoms with Gasteiger partial charge in [-0.3, -0.25) is 4.79 Å². The van der Waals surface area contributed by atoms with Crippen LogP contribution in [0.25, 0.3) is 6.08 Å². The smallest absolute Gasteiger partial charge is 0.244 e. The number of hydrogen-bond donors (Lipinski definition) is 1. The fourth-order valence-electron chi connectivity index (χ4n) is 2.33. The fourth-order valence-corrected chi connectivity index (χ4v) is 2.33. The molecule has 138 valence electrons. The number of carbonyl (C=O) groups excluding carboxylic acids is 1. The van der Waals surface area contributed by atoms with E-state index < -0.39 is 0 Å². The molecule has 0 saturated heterocycles. The summed E-state index contributed by atoms with van der Waals surface area (Å²) in [5.74, 6) is 1.85. The Labute approximate surface area is 155 Å². The van der Waals surface area contributed by atoms with Crippen LogP contribution in [-0.2, 0) is 11.3 Å². The van der Waals surface area contributed by atoms with Gasteiger partial charge in [0, 0.05) is 12.6 Å².